The molecule has 162 valence electrons. The first kappa shape index (κ1) is 24.1. The molecule has 2 aromatic rings. The van der Waals surface area contributed by atoms with Crippen LogP contribution in [0, 0.1) is 0 Å². The fourth-order valence-electron chi connectivity index (χ4n) is 2.66. The number of sulfonamides is 1. The number of benzene rings is 2. The summed E-state index contributed by atoms with van der Waals surface area (Å²) in [7, 11) is -3.58. The number of hydrogen-bond acceptors (Lipinski definition) is 5. The number of carbonyl (C=O) groups is 2. The molecule has 0 heterocycles. The molecule has 0 atom stereocenters. The lowest BCUT2D eigenvalue weighted by Crippen LogP contribution is -2.30. The second kappa shape index (κ2) is 10.8. The Labute approximate surface area is 186 Å². The van der Waals surface area contributed by atoms with Crippen molar-refractivity contribution in [2.75, 3.05) is 25.0 Å². The van der Waals surface area contributed by atoms with Crippen molar-refractivity contribution in [2.45, 2.75) is 25.2 Å². The Kier molecular flexibility index (Phi) is 8.66. The number of ether oxygens (including phenoxy) is 1. The molecule has 0 saturated carbocycles. The van der Waals surface area contributed by atoms with Crippen LogP contribution in [0.4, 0.5) is 5.69 Å². The minimum atomic E-state index is -3.58. The van der Waals surface area contributed by atoms with Gasteiger partial charge in [-0.2, -0.15) is 4.31 Å². The molecule has 0 radical (unpaired) electrons. The molecular formula is C20H22Cl2N2O5S. The molecule has 0 unspecified atom stereocenters. The highest BCUT2D eigenvalue weighted by atomic mass is 35.5. The van der Waals surface area contributed by atoms with E-state index in [1.165, 1.54) is 28.6 Å². The van der Waals surface area contributed by atoms with Crippen LogP contribution in [-0.4, -0.2) is 44.3 Å². The topological polar surface area (TPSA) is 92.8 Å². The number of carbonyl (C=O) groups excluding carboxylic acids is 2. The quantitative estimate of drug-likeness (QED) is 0.560. The predicted octanol–water partition coefficient (Wildman–Crippen LogP) is 3.75. The van der Waals surface area contributed by atoms with Gasteiger partial charge in [0.1, 0.15) is 0 Å². The van der Waals surface area contributed by atoms with Crippen LogP contribution in [0.5, 0.6) is 0 Å². The predicted molar refractivity (Wildman–Crippen MR) is 116 cm³/mol. The van der Waals surface area contributed by atoms with Crippen molar-refractivity contribution in [2.24, 2.45) is 0 Å². The van der Waals surface area contributed by atoms with E-state index in [1.807, 2.05) is 0 Å². The monoisotopic (exact) mass is 472 g/mol. The number of nitrogens with one attached hydrogen (secondary N) is 1. The first-order valence-corrected chi connectivity index (χ1v) is 11.4. The van der Waals surface area contributed by atoms with Gasteiger partial charge in [0.25, 0.3) is 5.91 Å². The summed E-state index contributed by atoms with van der Waals surface area (Å²) in [6.07, 6.45) is -0.163. The molecule has 0 bridgehead atoms. The van der Waals surface area contributed by atoms with E-state index in [-0.39, 0.29) is 11.3 Å². The zero-order valence-corrected chi connectivity index (χ0v) is 18.9. The smallest absolute Gasteiger partial charge is 0.310 e. The first-order valence-electron chi connectivity index (χ1n) is 9.17. The molecule has 0 aromatic heterocycles. The number of amides is 1. The Balaban J connectivity index is 1.91. The van der Waals surface area contributed by atoms with Crippen LogP contribution in [0.1, 0.15) is 19.4 Å². The highest BCUT2D eigenvalue weighted by molar-refractivity contribution is 7.89. The average Bonchev–Trinajstić information content (AvgIpc) is 2.70. The summed E-state index contributed by atoms with van der Waals surface area (Å²) in [5.41, 5.74) is 0.805. The van der Waals surface area contributed by atoms with Gasteiger partial charge in [-0.1, -0.05) is 43.1 Å². The number of rotatable bonds is 9. The van der Waals surface area contributed by atoms with E-state index >= 15 is 0 Å². The second-order valence-electron chi connectivity index (χ2n) is 6.20. The third kappa shape index (κ3) is 6.18. The molecule has 0 fully saturated rings. The normalized spacial score (nSPS) is 11.4. The standard InChI is InChI=1S/C20H22Cl2N2O5S/c1-3-24(4-2)30(27,28)15-10-8-14(9-11-15)23-19(25)13-29-20(26)12-16-17(21)6-5-7-18(16)22/h5-11H,3-4,12-13H2,1-2H3,(H,23,25). The molecule has 0 aliphatic rings. The number of nitrogens with zero attached hydrogens (tertiary/aromatic N) is 1. The van der Waals surface area contributed by atoms with E-state index in [0.717, 1.165) is 0 Å². The van der Waals surface area contributed by atoms with Crippen molar-refractivity contribution < 1.29 is 22.7 Å². The van der Waals surface area contributed by atoms with Crippen molar-refractivity contribution in [1.82, 2.24) is 4.31 Å². The minimum Gasteiger partial charge on any atom is -0.455 e. The molecule has 7 nitrogen and oxygen atoms in total. The molecule has 0 spiro atoms. The molecular weight excluding hydrogens is 451 g/mol. The molecule has 1 N–H and O–H groups in total. The van der Waals surface area contributed by atoms with Crippen molar-refractivity contribution in [3.63, 3.8) is 0 Å². The van der Waals surface area contributed by atoms with Crippen LogP contribution in [0.2, 0.25) is 10.0 Å². The number of anilines is 1. The minimum absolute atomic E-state index is 0.132. The zero-order valence-electron chi connectivity index (χ0n) is 16.5. The number of esters is 1. The molecule has 2 rings (SSSR count). The van der Waals surface area contributed by atoms with Crippen LogP contribution in [0.15, 0.2) is 47.4 Å². The van der Waals surface area contributed by atoms with Crippen LogP contribution in [-0.2, 0) is 30.8 Å². The summed E-state index contributed by atoms with van der Waals surface area (Å²) in [4.78, 5) is 24.1. The third-order valence-corrected chi connectivity index (χ3v) is 7.00. The molecule has 0 aliphatic heterocycles. The molecule has 2 aromatic carbocycles. The van der Waals surface area contributed by atoms with Gasteiger partial charge >= 0.3 is 5.97 Å². The lowest BCUT2D eigenvalue weighted by atomic mass is 10.1. The first-order chi connectivity index (χ1) is 14.2. The number of hydrogen-bond donors (Lipinski definition) is 1. The molecule has 10 heteroatoms. The summed E-state index contributed by atoms with van der Waals surface area (Å²) in [6.45, 7) is 3.75. The second-order valence-corrected chi connectivity index (χ2v) is 8.95. The summed E-state index contributed by atoms with van der Waals surface area (Å²) < 4.78 is 31.2. The van der Waals surface area contributed by atoms with Crippen LogP contribution in [0.25, 0.3) is 0 Å². The summed E-state index contributed by atoms with van der Waals surface area (Å²) in [6, 6.07) is 10.6. The largest absolute Gasteiger partial charge is 0.455 e. The van der Waals surface area contributed by atoms with Crippen LogP contribution < -0.4 is 5.32 Å². The Morgan fingerprint density at radius 3 is 2.10 bits per heavy atom. The Morgan fingerprint density at radius 1 is 1.00 bits per heavy atom. The summed E-state index contributed by atoms with van der Waals surface area (Å²) in [5, 5.41) is 3.22. The number of halogens is 2. The summed E-state index contributed by atoms with van der Waals surface area (Å²) >= 11 is 12.0. The van der Waals surface area contributed by atoms with Crippen molar-refractivity contribution >= 4 is 50.8 Å². The van der Waals surface area contributed by atoms with E-state index in [2.05, 4.69) is 5.32 Å². The van der Waals surface area contributed by atoms with Gasteiger partial charge < -0.3 is 10.1 Å². The average molecular weight is 473 g/mol. The van der Waals surface area contributed by atoms with Crippen molar-refractivity contribution in [1.29, 1.82) is 0 Å². The maximum absolute atomic E-state index is 12.5. The van der Waals surface area contributed by atoms with Crippen molar-refractivity contribution in [3.8, 4) is 0 Å². The van der Waals surface area contributed by atoms with Gasteiger partial charge in [-0.3, -0.25) is 9.59 Å². The van der Waals surface area contributed by atoms with E-state index in [0.29, 0.717) is 34.4 Å². The van der Waals surface area contributed by atoms with Crippen LogP contribution in [0.3, 0.4) is 0 Å². The molecule has 1 amide bonds. The lowest BCUT2D eigenvalue weighted by molar-refractivity contribution is -0.146. The van der Waals surface area contributed by atoms with E-state index in [1.54, 1.807) is 32.0 Å². The van der Waals surface area contributed by atoms with Gasteiger partial charge in [-0.15, -0.1) is 0 Å². The van der Waals surface area contributed by atoms with Gasteiger partial charge in [0.05, 0.1) is 11.3 Å². The molecule has 30 heavy (non-hydrogen) atoms. The Morgan fingerprint density at radius 2 is 1.57 bits per heavy atom. The summed E-state index contributed by atoms with van der Waals surface area (Å²) in [5.74, 6) is -1.21. The van der Waals surface area contributed by atoms with E-state index in [4.69, 9.17) is 27.9 Å². The zero-order chi connectivity index (χ0) is 22.3. The highest BCUT2D eigenvalue weighted by Gasteiger charge is 2.21. The lowest BCUT2D eigenvalue weighted by Gasteiger charge is -2.18. The van der Waals surface area contributed by atoms with Gasteiger partial charge in [-0.25, -0.2) is 8.42 Å². The van der Waals surface area contributed by atoms with E-state index in [9.17, 15) is 18.0 Å². The fraction of sp³-hybridized carbons (Fsp3) is 0.300. The van der Waals surface area contributed by atoms with Gasteiger partial charge in [0.2, 0.25) is 10.0 Å². The molecule has 0 saturated heterocycles. The third-order valence-electron chi connectivity index (χ3n) is 4.23. The SMILES string of the molecule is CCN(CC)S(=O)(=O)c1ccc(NC(=O)COC(=O)Cc2c(Cl)cccc2Cl)cc1. The van der Waals surface area contributed by atoms with Gasteiger partial charge in [0.15, 0.2) is 6.61 Å². The Hall–Kier alpha value is -2.13. The van der Waals surface area contributed by atoms with E-state index < -0.39 is 28.5 Å². The Bertz CT molecular complexity index is 986. The van der Waals surface area contributed by atoms with Gasteiger partial charge in [0, 0.05) is 34.4 Å². The van der Waals surface area contributed by atoms with Crippen LogP contribution >= 0.6 is 23.2 Å². The highest BCUT2D eigenvalue weighted by Crippen LogP contribution is 2.25. The maximum Gasteiger partial charge on any atom is 0.310 e. The molecule has 0 aliphatic carbocycles. The van der Waals surface area contributed by atoms with Crippen molar-refractivity contribution in [3.05, 3.63) is 58.1 Å². The maximum atomic E-state index is 12.5. The van der Waals surface area contributed by atoms with Gasteiger partial charge in [-0.05, 0) is 36.4 Å². The fourth-order valence-corrected chi connectivity index (χ4v) is 4.65.